The van der Waals surface area contributed by atoms with Crippen LogP contribution in [0.3, 0.4) is 0 Å². The number of methoxy groups -OCH3 is 1. The minimum absolute atomic E-state index is 0.0925. The van der Waals surface area contributed by atoms with Crippen LogP contribution in [0.1, 0.15) is 6.92 Å². The Balaban J connectivity index is 1.80. The molecular weight excluding hydrogens is 380 g/mol. The van der Waals surface area contributed by atoms with Crippen molar-refractivity contribution in [3.63, 3.8) is 0 Å². The predicted octanol–water partition coefficient (Wildman–Crippen LogP) is 3.68. The summed E-state index contributed by atoms with van der Waals surface area (Å²) in [5.41, 5.74) is 1.31. The van der Waals surface area contributed by atoms with E-state index in [0.29, 0.717) is 28.9 Å². The molecule has 0 saturated carbocycles. The van der Waals surface area contributed by atoms with E-state index in [1.165, 1.54) is 4.40 Å². The first-order valence-corrected chi connectivity index (χ1v) is 9.31. The molecule has 1 aromatic carbocycles. The normalized spacial score (nSPS) is 11.1. The zero-order valence-corrected chi connectivity index (χ0v) is 16.0. The Hall–Kier alpha value is -3.40. The van der Waals surface area contributed by atoms with Gasteiger partial charge in [-0.15, -0.1) is 10.2 Å². The van der Waals surface area contributed by atoms with Crippen molar-refractivity contribution in [3.8, 4) is 17.1 Å². The van der Waals surface area contributed by atoms with Crippen LogP contribution >= 0.6 is 11.8 Å². The van der Waals surface area contributed by atoms with Gasteiger partial charge in [0.1, 0.15) is 5.75 Å². The van der Waals surface area contributed by atoms with Crippen molar-refractivity contribution < 1.29 is 9.66 Å². The largest absolute Gasteiger partial charge is 0.496 e. The zero-order chi connectivity index (χ0) is 19.7. The number of ether oxygens (including phenoxy) is 1. The number of benzene rings is 1. The maximum atomic E-state index is 11.6. The summed E-state index contributed by atoms with van der Waals surface area (Å²) in [5.74, 6) is 1.22. The lowest BCUT2D eigenvalue weighted by Crippen LogP contribution is -2.01. The molecule has 0 aliphatic rings. The van der Waals surface area contributed by atoms with Gasteiger partial charge in [0, 0.05) is 12.6 Å². The number of rotatable bonds is 6. The molecule has 0 N–H and O–H groups in total. The fraction of sp³-hybridized carbons (Fsp3) is 0.167. The van der Waals surface area contributed by atoms with E-state index < -0.39 is 4.92 Å². The van der Waals surface area contributed by atoms with Gasteiger partial charge in [0.15, 0.2) is 11.0 Å². The first-order valence-electron chi connectivity index (χ1n) is 8.50. The molecule has 4 rings (SSSR count). The van der Waals surface area contributed by atoms with Gasteiger partial charge >= 0.3 is 5.82 Å². The Kier molecular flexibility index (Phi) is 4.70. The second kappa shape index (κ2) is 7.31. The third-order valence-electron chi connectivity index (χ3n) is 4.22. The van der Waals surface area contributed by atoms with Gasteiger partial charge in [0.2, 0.25) is 10.7 Å². The number of fused-ring (bicyclic) bond motifs is 1. The van der Waals surface area contributed by atoms with Crippen molar-refractivity contribution in [1.82, 2.24) is 24.1 Å². The number of hydrogen-bond donors (Lipinski definition) is 0. The number of para-hydroxylation sites is 1. The number of imidazole rings is 1. The summed E-state index contributed by atoms with van der Waals surface area (Å²) >= 11 is 1.12. The van der Waals surface area contributed by atoms with E-state index in [2.05, 4.69) is 15.2 Å². The highest BCUT2D eigenvalue weighted by molar-refractivity contribution is 7.99. The van der Waals surface area contributed by atoms with E-state index >= 15 is 0 Å². The summed E-state index contributed by atoms with van der Waals surface area (Å²) in [6.45, 7) is 2.55. The third-order valence-corrected chi connectivity index (χ3v) is 5.17. The molecule has 4 aromatic rings. The zero-order valence-electron chi connectivity index (χ0n) is 15.1. The lowest BCUT2D eigenvalue weighted by atomic mass is 10.2. The van der Waals surface area contributed by atoms with Gasteiger partial charge in [0.25, 0.3) is 0 Å². The van der Waals surface area contributed by atoms with E-state index in [1.807, 2.05) is 35.8 Å². The van der Waals surface area contributed by atoms with Gasteiger partial charge in [0.05, 0.1) is 18.9 Å². The number of pyridine rings is 1. The van der Waals surface area contributed by atoms with E-state index in [0.717, 1.165) is 17.3 Å². The van der Waals surface area contributed by atoms with Crippen molar-refractivity contribution in [2.45, 2.75) is 23.7 Å². The second-order valence-corrected chi connectivity index (χ2v) is 6.74. The van der Waals surface area contributed by atoms with Gasteiger partial charge in [-0.25, -0.2) is 0 Å². The average molecular weight is 396 g/mol. The van der Waals surface area contributed by atoms with Gasteiger partial charge in [-0.2, -0.15) is 9.38 Å². The van der Waals surface area contributed by atoms with Crippen LogP contribution in [0.15, 0.2) is 58.8 Å². The molecule has 3 aromatic heterocycles. The molecule has 142 valence electrons. The highest BCUT2D eigenvalue weighted by Gasteiger charge is 2.26. The molecule has 9 nitrogen and oxygen atoms in total. The van der Waals surface area contributed by atoms with E-state index in [9.17, 15) is 10.1 Å². The summed E-state index contributed by atoms with van der Waals surface area (Å²) in [6, 6.07) is 12.8. The highest BCUT2D eigenvalue weighted by Crippen LogP contribution is 2.36. The number of aromatic nitrogens is 5. The standard InChI is InChI=1S/C18H16N6O3S/c1-3-22-15(12-8-4-5-9-13(12)27-2)20-21-18(22)28-16-17(24(25)26)23-11-7-6-10-14(23)19-16/h4-11H,3H2,1-2H3. The van der Waals surface area contributed by atoms with Crippen LogP contribution in [-0.4, -0.2) is 36.2 Å². The topological polar surface area (TPSA) is 100 Å². The average Bonchev–Trinajstić information content (AvgIpc) is 3.28. The smallest absolute Gasteiger partial charge is 0.362 e. The van der Waals surface area contributed by atoms with Crippen molar-refractivity contribution in [3.05, 3.63) is 58.8 Å². The fourth-order valence-corrected chi connectivity index (χ4v) is 3.94. The lowest BCUT2D eigenvalue weighted by molar-refractivity contribution is -0.393. The van der Waals surface area contributed by atoms with Crippen molar-refractivity contribution in [2.24, 2.45) is 0 Å². The number of nitro groups is 1. The summed E-state index contributed by atoms with van der Waals surface area (Å²) in [6.07, 6.45) is 1.62. The van der Waals surface area contributed by atoms with E-state index in [-0.39, 0.29) is 10.8 Å². The molecule has 10 heteroatoms. The van der Waals surface area contributed by atoms with Crippen LogP contribution in [0.2, 0.25) is 0 Å². The summed E-state index contributed by atoms with van der Waals surface area (Å²) in [5, 5.41) is 21.0. The Morgan fingerprint density at radius 1 is 1.18 bits per heavy atom. The molecule has 3 heterocycles. The first-order chi connectivity index (χ1) is 13.6. The molecule has 0 unspecified atom stereocenters. The molecule has 0 aliphatic heterocycles. The molecule has 0 fully saturated rings. The van der Waals surface area contributed by atoms with E-state index in [4.69, 9.17) is 4.74 Å². The number of nitrogens with zero attached hydrogens (tertiary/aromatic N) is 6. The molecule has 0 atom stereocenters. The van der Waals surface area contributed by atoms with Crippen molar-refractivity contribution in [2.75, 3.05) is 7.11 Å². The summed E-state index contributed by atoms with van der Waals surface area (Å²) in [4.78, 5) is 15.6. The minimum atomic E-state index is -0.434. The van der Waals surface area contributed by atoms with Gasteiger partial charge in [-0.3, -0.25) is 0 Å². The first kappa shape index (κ1) is 18.0. The highest BCUT2D eigenvalue weighted by atomic mass is 32.2. The molecule has 0 aliphatic carbocycles. The summed E-state index contributed by atoms with van der Waals surface area (Å²) < 4.78 is 8.76. The third kappa shape index (κ3) is 2.97. The molecule has 0 amide bonds. The van der Waals surface area contributed by atoms with Gasteiger partial charge in [-0.1, -0.05) is 18.2 Å². The van der Waals surface area contributed by atoms with Crippen LogP contribution in [0, 0.1) is 10.1 Å². The van der Waals surface area contributed by atoms with Gasteiger partial charge < -0.3 is 19.4 Å². The van der Waals surface area contributed by atoms with Crippen molar-refractivity contribution in [1.29, 1.82) is 0 Å². The molecule has 0 radical (unpaired) electrons. The Morgan fingerprint density at radius 2 is 1.96 bits per heavy atom. The maximum absolute atomic E-state index is 11.6. The molecule has 0 saturated heterocycles. The quantitative estimate of drug-likeness (QED) is 0.362. The van der Waals surface area contributed by atoms with Crippen LogP contribution in [0.5, 0.6) is 5.75 Å². The summed E-state index contributed by atoms with van der Waals surface area (Å²) in [7, 11) is 1.60. The minimum Gasteiger partial charge on any atom is -0.496 e. The van der Waals surface area contributed by atoms with Crippen LogP contribution < -0.4 is 4.74 Å². The number of hydrogen-bond acceptors (Lipinski definition) is 7. The van der Waals surface area contributed by atoms with E-state index in [1.54, 1.807) is 31.5 Å². The van der Waals surface area contributed by atoms with Crippen LogP contribution in [0.25, 0.3) is 17.0 Å². The van der Waals surface area contributed by atoms with Crippen molar-refractivity contribution >= 4 is 23.2 Å². The fourth-order valence-electron chi connectivity index (χ4n) is 2.96. The predicted molar refractivity (Wildman–Crippen MR) is 104 cm³/mol. The Labute approximate surface area is 164 Å². The van der Waals surface area contributed by atoms with Gasteiger partial charge in [-0.05, 0) is 41.8 Å². The Bertz CT molecular complexity index is 1170. The molecule has 28 heavy (non-hydrogen) atoms. The van der Waals surface area contributed by atoms with Crippen LogP contribution in [0.4, 0.5) is 5.82 Å². The molecule has 0 bridgehead atoms. The lowest BCUT2D eigenvalue weighted by Gasteiger charge is -2.09. The monoisotopic (exact) mass is 396 g/mol. The molecule has 0 spiro atoms. The second-order valence-electron chi connectivity index (χ2n) is 5.78. The SMILES string of the molecule is CCn1c(Sc2nc3ccccn3c2[N+](=O)[O-])nnc1-c1ccccc1OC. The molecular formula is C18H16N6O3S. The van der Waals surface area contributed by atoms with Crippen LogP contribution in [-0.2, 0) is 6.54 Å². The maximum Gasteiger partial charge on any atom is 0.362 e. The Morgan fingerprint density at radius 3 is 2.71 bits per heavy atom.